The van der Waals surface area contributed by atoms with Crippen molar-refractivity contribution in [2.75, 3.05) is 0 Å². The Labute approximate surface area is 177 Å². The third-order valence-electron chi connectivity index (χ3n) is 3.49. The van der Waals surface area contributed by atoms with Gasteiger partial charge in [0.1, 0.15) is 11.1 Å². The molecular formula is C19H9Br3O5. The fraction of sp³-hybridized carbons (Fsp3) is 0. The van der Waals surface area contributed by atoms with E-state index in [4.69, 9.17) is 8.83 Å². The molecule has 0 unspecified atom stereocenters. The van der Waals surface area contributed by atoms with Crippen LogP contribution in [0.1, 0.15) is 10.4 Å². The van der Waals surface area contributed by atoms with Crippen LogP contribution in [-0.4, -0.2) is 6.29 Å². The SMILES string of the molecule is O=Cc1cc2cc(Br)ccc2oc1=O.O=c1ccc2cc(Br)cc(Br)c2o1. The first-order chi connectivity index (χ1) is 12.9. The number of carbonyl (C=O) groups excluding carboxylic acids is 1. The Balaban J connectivity index is 0.000000156. The maximum Gasteiger partial charge on any atom is 0.346 e. The van der Waals surface area contributed by atoms with Crippen LogP contribution in [0.5, 0.6) is 0 Å². The number of fused-ring (bicyclic) bond motifs is 2. The van der Waals surface area contributed by atoms with E-state index in [2.05, 4.69) is 47.8 Å². The topological polar surface area (TPSA) is 77.5 Å². The molecule has 0 bridgehead atoms. The first kappa shape index (κ1) is 19.7. The van der Waals surface area contributed by atoms with Crippen LogP contribution >= 0.6 is 47.8 Å². The lowest BCUT2D eigenvalue weighted by Gasteiger charge is -1.98. The molecule has 5 nitrogen and oxygen atoms in total. The van der Waals surface area contributed by atoms with Crippen molar-refractivity contribution in [3.05, 3.63) is 88.4 Å². The van der Waals surface area contributed by atoms with Gasteiger partial charge in [0.05, 0.1) is 4.47 Å². The summed E-state index contributed by atoms with van der Waals surface area (Å²) in [5.41, 5.74) is 0.153. The molecule has 0 saturated carbocycles. The molecule has 2 aromatic heterocycles. The van der Waals surface area contributed by atoms with E-state index in [0.29, 0.717) is 17.5 Å². The predicted molar refractivity (Wildman–Crippen MR) is 113 cm³/mol. The quantitative estimate of drug-likeness (QED) is 0.222. The third kappa shape index (κ3) is 4.63. The largest absolute Gasteiger partial charge is 0.422 e. The van der Waals surface area contributed by atoms with Gasteiger partial charge in [0.2, 0.25) is 0 Å². The van der Waals surface area contributed by atoms with Crippen molar-refractivity contribution in [1.29, 1.82) is 0 Å². The summed E-state index contributed by atoms with van der Waals surface area (Å²) in [5, 5.41) is 1.61. The molecule has 0 aliphatic heterocycles. The average Bonchev–Trinajstić information content (AvgIpc) is 2.62. The molecular weight excluding hydrogens is 548 g/mol. The van der Waals surface area contributed by atoms with Gasteiger partial charge in [-0.1, -0.05) is 31.9 Å². The van der Waals surface area contributed by atoms with E-state index >= 15 is 0 Å². The highest BCUT2D eigenvalue weighted by molar-refractivity contribution is 9.11. The van der Waals surface area contributed by atoms with Gasteiger partial charge in [0, 0.05) is 25.8 Å². The lowest BCUT2D eigenvalue weighted by atomic mass is 10.2. The second kappa shape index (κ2) is 8.33. The highest BCUT2D eigenvalue weighted by Gasteiger charge is 2.04. The number of aldehydes is 1. The summed E-state index contributed by atoms with van der Waals surface area (Å²) >= 11 is 9.96. The van der Waals surface area contributed by atoms with Crippen molar-refractivity contribution in [2.24, 2.45) is 0 Å². The Hall–Kier alpha value is -2.03. The van der Waals surface area contributed by atoms with Crippen LogP contribution in [0, 0.1) is 0 Å². The summed E-state index contributed by atoms with van der Waals surface area (Å²) in [7, 11) is 0. The lowest BCUT2D eigenvalue weighted by molar-refractivity contribution is 0.112. The van der Waals surface area contributed by atoms with Crippen molar-refractivity contribution in [3.63, 3.8) is 0 Å². The molecule has 2 heterocycles. The maximum absolute atomic E-state index is 11.1. The smallest absolute Gasteiger partial charge is 0.346 e. The van der Waals surface area contributed by atoms with Gasteiger partial charge in [-0.3, -0.25) is 4.79 Å². The molecule has 0 aliphatic rings. The highest BCUT2D eigenvalue weighted by Crippen LogP contribution is 2.27. The standard InChI is InChI=1S/C10H5BrO3.C9H4Br2O2/c11-8-1-2-9-6(4-8)3-7(5-12)10(13)14-9;10-6-3-5-1-2-8(12)13-9(5)7(11)4-6/h1-5H;1-4H. The van der Waals surface area contributed by atoms with Gasteiger partial charge in [-0.2, -0.15) is 0 Å². The minimum absolute atomic E-state index is 0.0376. The minimum Gasteiger partial charge on any atom is -0.422 e. The molecule has 8 heteroatoms. The van der Waals surface area contributed by atoms with Gasteiger partial charge < -0.3 is 8.83 Å². The zero-order valence-electron chi connectivity index (χ0n) is 13.4. The monoisotopic (exact) mass is 554 g/mol. The Morgan fingerprint density at radius 1 is 0.778 bits per heavy atom. The molecule has 0 radical (unpaired) electrons. The molecule has 0 saturated heterocycles. The van der Waals surface area contributed by atoms with Crippen molar-refractivity contribution >= 4 is 76.0 Å². The molecule has 0 spiro atoms. The predicted octanol–water partition coefficient (Wildman–Crippen LogP) is 5.69. The Bertz CT molecular complexity index is 1270. The molecule has 27 heavy (non-hydrogen) atoms. The van der Waals surface area contributed by atoms with Gasteiger partial charge in [-0.25, -0.2) is 9.59 Å². The van der Waals surface area contributed by atoms with Crippen LogP contribution in [0.15, 0.2) is 80.4 Å². The van der Waals surface area contributed by atoms with Gasteiger partial charge >= 0.3 is 11.3 Å². The summed E-state index contributed by atoms with van der Waals surface area (Å²) in [6, 6.07) is 13.6. The molecule has 0 fully saturated rings. The van der Waals surface area contributed by atoms with Crippen molar-refractivity contribution in [1.82, 2.24) is 0 Å². The van der Waals surface area contributed by atoms with E-state index in [1.165, 1.54) is 12.1 Å². The van der Waals surface area contributed by atoms with E-state index in [0.717, 1.165) is 24.2 Å². The van der Waals surface area contributed by atoms with Crippen LogP contribution in [-0.2, 0) is 0 Å². The van der Waals surface area contributed by atoms with Crippen molar-refractivity contribution < 1.29 is 13.6 Å². The Morgan fingerprint density at radius 2 is 1.52 bits per heavy atom. The summed E-state index contributed by atoms with van der Waals surface area (Å²) in [4.78, 5) is 32.5. The fourth-order valence-electron chi connectivity index (χ4n) is 2.30. The summed E-state index contributed by atoms with van der Waals surface area (Å²) in [5.74, 6) is 0. The number of carbonyl (C=O) groups is 1. The zero-order chi connectivity index (χ0) is 19.6. The number of rotatable bonds is 1. The molecule has 0 N–H and O–H groups in total. The molecule has 136 valence electrons. The summed E-state index contributed by atoms with van der Waals surface area (Å²) in [6.45, 7) is 0. The van der Waals surface area contributed by atoms with Crippen molar-refractivity contribution in [3.8, 4) is 0 Å². The average molecular weight is 557 g/mol. The first-order valence-electron chi connectivity index (χ1n) is 7.45. The molecule has 4 aromatic rings. The van der Waals surface area contributed by atoms with E-state index in [-0.39, 0.29) is 11.2 Å². The number of hydrogen-bond acceptors (Lipinski definition) is 5. The van der Waals surface area contributed by atoms with E-state index in [1.54, 1.807) is 24.3 Å². The van der Waals surface area contributed by atoms with Crippen molar-refractivity contribution in [2.45, 2.75) is 0 Å². The first-order valence-corrected chi connectivity index (χ1v) is 9.83. The van der Waals surface area contributed by atoms with Crippen LogP contribution in [0.4, 0.5) is 0 Å². The lowest BCUT2D eigenvalue weighted by Crippen LogP contribution is -2.05. The van der Waals surface area contributed by atoms with Gasteiger partial charge in [-0.05, 0) is 58.4 Å². The Morgan fingerprint density at radius 3 is 2.26 bits per heavy atom. The van der Waals surface area contributed by atoms with E-state index < -0.39 is 5.63 Å². The van der Waals surface area contributed by atoms with Gasteiger partial charge in [0.25, 0.3) is 0 Å². The molecule has 2 aromatic carbocycles. The van der Waals surface area contributed by atoms with Crippen LogP contribution in [0.2, 0.25) is 0 Å². The van der Waals surface area contributed by atoms with Crippen LogP contribution in [0.3, 0.4) is 0 Å². The fourth-order valence-corrected chi connectivity index (χ4v) is 4.01. The maximum atomic E-state index is 11.1. The highest BCUT2D eigenvalue weighted by atomic mass is 79.9. The second-order valence-corrected chi connectivity index (χ2v) is 8.04. The summed E-state index contributed by atoms with van der Waals surface area (Å²) < 4.78 is 12.5. The molecule has 0 atom stereocenters. The number of hydrogen-bond donors (Lipinski definition) is 0. The van der Waals surface area contributed by atoms with Gasteiger partial charge in [0.15, 0.2) is 11.9 Å². The molecule has 4 rings (SSSR count). The van der Waals surface area contributed by atoms with Gasteiger partial charge in [-0.15, -0.1) is 0 Å². The number of benzene rings is 2. The minimum atomic E-state index is -0.602. The van der Waals surface area contributed by atoms with E-state index in [1.807, 2.05) is 12.1 Å². The van der Waals surface area contributed by atoms with E-state index in [9.17, 15) is 14.4 Å². The summed E-state index contributed by atoms with van der Waals surface area (Å²) in [6.07, 6.45) is 0.492. The Kier molecular flexibility index (Phi) is 6.08. The van der Waals surface area contributed by atoms with Crippen LogP contribution in [0.25, 0.3) is 21.9 Å². The third-order valence-corrected chi connectivity index (χ3v) is 5.03. The number of halogens is 3. The molecule has 0 amide bonds. The second-order valence-electron chi connectivity index (χ2n) is 5.35. The zero-order valence-corrected chi connectivity index (χ0v) is 18.1. The van der Waals surface area contributed by atoms with Crippen LogP contribution < -0.4 is 11.3 Å². The molecule has 0 aliphatic carbocycles. The normalized spacial score (nSPS) is 10.5.